The van der Waals surface area contributed by atoms with Gasteiger partial charge in [0, 0.05) is 67.7 Å². The van der Waals surface area contributed by atoms with Crippen molar-refractivity contribution in [2.75, 3.05) is 0 Å². The monoisotopic (exact) mass is 2040 g/mol. The molecule has 652 valence electrons. The summed E-state index contributed by atoms with van der Waals surface area (Å²) in [6.45, 7) is 0. The van der Waals surface area contributed by atoms with Crippen LogP contribution in [0.25, 0.3) is 22.3 Å². The number of rotatable bonds is 14. The van der Waals surface area contributed by atoms with E-state index in [4.69, 9.17) is 96.0 Å². The summed E-state index contributed by atoms with van der Waals surface area (Å²) in [4.78, 5) is 18.2. The van der Waals surface area contributed by atoms with Gasteiger partial charge in [-0.2, -0.15) is 0 Å². The van der Waals surface area contributed by atoms with Crippen LogP contribution in [-0.4, -0.2) is 45.3 Å². The van der Waals surface area contributed by atoms with E-state index in [0.29, 0.717) is 56.9 Å². The molecule has 124 heavy (non-hydrogen) atoms. The van der Waals surface area contributed by atoms with Crippen LogP contribution < -0.4 is 0 Å². The van der Waals surface area contributed by atoms with Crippen LogP contribution >= 0.6 is 102 Å². The summed E-state index contributed by atoms with van der Waals surface area (Å²) in [5.74, 6) is 7.21. The summed E-state index contributed by atoms with van der Waals surface area (Å²) in [6, 6.07) is 75.5. The van der Waals surface area contributed by atoms with E-state index in [9.17, 15) is 20.4 Å². The summed E-state index contributed by atoms with van der Waals surface area (Å²) >= 11 is 7.46. The maximum absolute atomic E-state index is 11.7. The molecule has 6 saturated carbocycles. The van der Waals surface area contributed by atoms with Crippen LogP contribution in [0.3, 0.4) is 0 Å². The molecule has 5 unspecified atom stereocenters. The predicted molar refractivity (Wildman–Crippen MR) is 521 cm³/mol. The number of aliphatic imine (C=N–C) groups is 4. The van der Waals surface area contributed by atoms with E-state index in [1.165, 1.54) is 215 Å². The number of phenols is 4. The van der Waals surface area contributed by atoms with Crippen molar-refractivity contribution in [3.63, 3.8) is 0 Å². The zero-order valence-electron chi connectivity index (χ0n) is 70.4. The molecule has 6 aliphatic carbocycles. The van der Waals surface area contributed by atoms with Gasteiger partial charge in [-0.15, -0.1) is 0 Å². The van der Waals surface area contributed by atoms with Gasteiger partial charge in [0.15, 0.2) is 0 Å². The third kappa shape index (κ3) is 35.0. The Morgan fingerprint density at radius 1 is 0.290 bits per heavy atom. The van der Waals surface area contributed by atoms with Gasteiger partial charge < -0.3 is 20.4 Å². The first-order valence-electron chi connectivity index (χ1n) is 43.8. The van der Waals surface area contributed by atoms with E-state index >= 15 is 0 Å². The molecule has 10 aromatic rings. The van der Waals surface area contributed by atoms with Gasteiger partial charge in [-0.05, 0) is 223 Å². The summed E-state index contributed by atoms with van der Waals surface area (Å²) in [6.07, 6.45) is 47.6. The SMILES string of the molecule is Oc1c(C=Nc2ccccc2)cc(Br)cc1-c1ccccc1.Oc1c(C=Nc2ccccc2)cc(C2CCCCC2)cc1C1CCCC2CC3CCCCC3CC21.Oc1c(C=Nc2ccccc2)cc(C2CCCCC2)cc1C1CCCCCCCCCCC1.Oc1c(C=Nc2ccccc2)cc(Cl)cc1-c1ccccc1.[Cl][Ti][Cl].[Cl][Ti][Cl].[Cl][Ti][Cl].[Cl][Ti][Cl]. The molecule has 6 fully saturated rings. The molecule has 10 aromatic carbocycles. The number of phenolic OH excluding ortho intramolecular Hbond substituents is 4. The number of para-hydroxylation sites is 4. The molecule has 8 nitrogen and oxygen atoms in total. The number of benzene rings is 10. The zero-order valence-corrected chi connectivity index (χ0v) is 85.1. The molecule has 0 bridgehead atoms. The van der Waals surface area contributed by atoms with Crippen LogP contribution in [0.1, 0.15) is 261 Å². The van der Waals surface area contributed by atoms with E-state index in [0.717, 1.165) is 78.7 Å². The van der Waals surface area contributed by atoms with Gasteiger partial charge in [-0.25, -0.2) is 0 Å². The molecule has 16 rings (SSSR count). The minimum atomic E-state index is -0.556. The third-order valence-electron chi connectivity index (χ3n) is 24.8. The van der Waals surface area contributed by atoms with Crippen LogP contribution in [0.5, 0.6) is 23.0 Å². The van der Waals surface area contributed by atoms with Crippen molar-refractivity contribution < 1.29 is 88.6 Å². The Kier molecular flexibility index (Phi) is 50.3. The summed E-state index contributed by atoms with van der Waals surface area (Å²) < 4.78 is 0.902. The van der Waals surface area contributed by atoms with Gasteiger partial charge >= 0.3 is 143 Å². The van der Waals surface area contributed by atoms with Crippen LogP contribution in [0.4, 0.5) is 22.7 Å². The summed E-state index contributed by atoms with van der Waals surface area (Å²) in [5, 5.41) is 44.7. The average Bonchev–Trinajstić information content (AvgIpc) is 0.779. The minimum absolute atomic E-state index is 0.176. The average molecular weight is 2050 g/mol. The molecule has 22 heteroatoms. The maximum atomic E-state index is 11.7. The normalized spacial score (nSPS) is 18.7. The molecule has 0 radical (unpaired) electrons. The van der Waals surface area contributed by atoms with Gasteiger partial charge in [0.25, 0.3) is 0 Å². The van der Waals surface area contributed by atoms with Gasteiger partial charge in [0.2, 0.25) is 0 Å². The van der Waals surface area contributed by atoms with Gasteiger partial charge in [-0.1, -0.05) is 308 Å². The first kappa shape index (κ1) is 104. The molecule has 0 heterocycles. The van der Waals surface area contributed by atoms with E-state index in [1.807, 2.05) is 207 Å². The molecule has 0 spiro atoms. The molecule has 6 aliphatic rings. The fourth-order valence-electron chi connectivity index (χ4n) is 18.8. The Morgan fingerprint density at radius 2 is 0.589 bits per heavy atom. The van der Waals surface area contributed by atoms with E-state index < -0.39 is 68.1 Å². The van der Waals surface area contributed by atoms with Crippen LogP contribution in [0.15, 0.2) is 255 Å². The third-order valence-corrected chi connectivity index (χ3v) is 25.4. The van der Waals surface area contributed by atoms with Crippen molar-refractivity contribution in [2.24, 2.45) is 43.6 Å². The Labute approximate surface area is 818 Å². The van der Waals surface area contributed by atoms with Crippen LogP contribution in [0.2, 0.25) is 5.02 Å². The second-order valence-corrected chi connectivity index (χ2v) is 44.3. The second-order valence-electron chi connectivity index (χ2n) is 32.6. The molecule has 0 aliphatic heterocycles. The predicted octanol–water partition coefficient (Wildman–Crippen LogP) is 35.4. The Bertz CT molecular complexity index is 4660. The van der Waals surface area contributed by atoms with Crippen LogP contribution in [-0.2, 0) is 68.1 Å². The Morgan fingerprint density at radius 3 is 0.984 bits per heavy atom. The first-order chi connectivity index (χ1) is 60.7. The molecular weight excluding hydrogens is 1940 g/mol. The number of nitrogens with zero attached hydrogens (tertiary/aromatic N) is 4. The van der Waals surface area contributed by atoms with Crippen molar-refractivity contribution in [3.05, 3.63) is 285 Å². The topological polar surface area (TPSA) is 130 Å². The molecular formula is C102H114BrCl9N4O4Ti4. The molecule has 4 N–H and O–H groups in total. The summed E-state index contributed by atoms with van der Waals surface area (Å²) in [5.41, 5.74) is 15.4. The fourth-order valence-corrected chi connectivity index (χ4v) is 19.5. The first-order valence-corrected chi connectivity index (χ1v) is 62.2. The van der Waals surface area contributed by atoms with E-state index in [2.05, 4.69) is 50.2 Å². The molecule has 0 saturated heterocycles. The van der Waals surface area contributed by atoms with Gasteiger partial charge in [0.1, 0.15) is 23.0 Å². The van der Waals surface area contributed by atoms with Gasteiger partial charge in [-0.3, -0.25) is 20.0 Å². The number of aromatic hydroxyl groups is 4. The Hall–Kier alpha value is -3.97. The van der Waals surface area contributed by atoms with Crippen molar-refractivity contribution in [1.29, 1.82) is 0 Å². The van der Waals surface area contributed by atoms with E-state index in [-0.39, 0.29) is 11.5 Å². The second kappa shape index (κ2) is 60.2. The molecule has 0 aromatic heterocycles. The molecule has 0 amide bonds. The number of fused-ring (bicyclic) bond motifs is 2. The zero-order chi connectivity index (χ0) is 87.9. The number of hydrogen-bond acceptors (Lipinski definition) is 8. The fraction of sp³-hybridized carbons (Fsp3) is 0.373. The number of hydrogen-bond donors (Lipinski definition) is 4. The van der Waals surface area contributed by atoms with Crippen LogP contribution in [0, 0.1) is 23.7 Å². The summed E-state index contributed by atoms with van der Waals surface area (Å²) in [7, 11) is 39.1. The quantitative estimate of drug-likeness (QED) is 0.0638. The Balaban J connectivity index is 0.000000182. The molecule has 5 atom stereocenters. The van der Waals surface area contributed by atoms with Crippen molar-refractivity contribution in [3.8, 4) is 45.3 Å². The van der Waals surface area contributed by atoms with Crippen molar-refractivity contribution in [2.45, 2.75) is 216 Å². The van der Waals surface area contributed by atoms with Crippen molar-refractivity contribution in [1.82, 2.24) is 0 Å². The van der Waals surface area contributed by atoms with Gasteiger partial charge in [0.05, 0.1) is 22.7 Å². The standard InChI is InChI=1S/C33H43NO.C31H43NO.C19H14BrNO.C19H14ClNO.8ClH.4Ti/c35-33-28(22-34-29-15-5-2-6-16-29)19-27(23-10-3-1-4-11-23)21-32(33)30-17-9-14-26-18-24-12-7-8-13-25(24)20-31(26)30;33-31-28(24-32-29-20-14-9-15-21-29)22-27(25-16-12-8-13-17-25)23-30(31)26-18-10-6-4-2-1-3-5-7-11-19-26;2*20-16-11-15(13-21-17-9-5-2-6-10-17)19(22)18(12-16)14-7-3-1-4-8-14;;;;;;;;;;;;/h2,5-6,15-16,19,21-26,30-31,35H,1,3-4,7-14,17-18,20H2;9,14-15,20-26,33H,1-8,10-13,16-19H2;2*1-13,22H;8*1H;;;;/q;;;;;;;;;;;;4*+2/p-8. The number of halogens is 10. The van der Waals surface area contributed by atoms with E-state index in [1.54, 1.807) is 24.6 Å². The van der Waals surface area contributed by atoms with Crippen molar-refractivity contribution >= 4 is 150 Å².